The van der Waals surface area contributed by atoms with Crippen molar-refractivity contribution in [3.8, 4) is 11.5 Å². The van der Waals surface area contributed by atoms with E-state index in [4.69, 9.17) is 16.3 Å². The second-order valence-electron chi connectivity index (χ2n) is 2.43. The lowest BCUT2D eigenvalue weighted by molar-refractivity contribution is 0.0600. The molecule has 0 atom stereocenters. The molecule has 0 saturated heterocycles. The van der Waals surface area contributed by atoms with Crippen LogP contribution in [0.3, 0.4) is 0 Å². The Morgan fingerprint density at radius 1 is 1.57 bits per heavy atom. The van der Waals surface area contributed by atoms with E-state index in [0.29, 0.717) is 0 Å². The highest BCUT2D eigenvalue weighted by molar-refractivity contribution is 6.17. The van der Waals surface area contributed by atoms with Gasteiger partial charge in [0.05, 0.1) is 12.7 Å². The smallest absolute Gasteiger partial charge is 0.337 e. The van der Waals surface area contributed by atoms with Crippen molar-refractivity contribution in [2.24, 2.45) is 0 Å². The SMILES string of the molecule is COC(=O)c1ccc(OCCl)c(O)c1. The number of carbonyl (C=O) groups excluding carboxylic acids is 1. The van der Waals surface area contributed by atoms with Gasteiger partial charge in [-0.3, -0.25) is 0 Å². The van der Waals surface area contributed by atoms with Gasteiger partial charge in [-0.25, -0.2) is 4.79 Å². The van der Waals surface area contributed by atoms with Gasteiger partial charge in [-0.05, 0) is 18.2 Å². The van der Waals surface area contributed by atoms with Gasteiger partial charge in [0.15, 0.2) is 17.6 Å². The molecule has 1 aromatic carbocycles. The Morgan fingerprint density at radius 3 is 2.79 bits per heavy atom. The molecule has 1 rings (SSSR count). The molecule has 0 unspecified atom stereocenters. The summed E-state index contributed by atoms with van der Waals surface area (Å²) >= 11 is 5.31. The molecule has 1 aromatic rings. The van der Waals surface area contributed by atoms with Crippen molar-refractivity contribution < 1.29 is 19.4 Å². The third kappa shape index (κ3) is 2.29. The van der Waals surface area contributed by atoms with Crippen molar-refractivity contribution in [1.29, 1.82) is 0 Å². The van der Waals surface area contributed by atoms with Crippen molar-refractivity contribution in [3.05, 3.63) is 23.8 Å². The number of aromatic hydroxyl groups is 1. The van der Waals surface area contributed by atoms with Crippen molar-refractivity contribution in [3.63, 3.8) is 0 Å². The Bertz CT molecular complexity index is 338. The van der Waals surface area contributed by atoms with Gasteiger partial charge in [0.25, 0.3) is 0 Å². The number of alkyl halides is 1. The molecule has 0 radical (unpaired) electrons. The zero-order valence-electron chi connectivity index (χ0n) is 7.49. The lowest BCUT2D eigenvalue weighted by Crippen LogP contribution is -2.01. The fraction of sp³-hybridized carbons (Fsp3) is 0.222. The fourth-order valence-corrected chi connectivity index (χ4v) is 1.06. The molecule has 0 aromatic heterocycles. The molecule has 14 heavy (non-hydrogen) atoms. The zero-order valence-corrected chi connectivity index (χ0v) is 8.25. The molecular weight excluding hydrogens is 208 g/mol. The minimum Gasteiger partial charge on any atom is -0.504 e. The van der Waals surface area contributed by atoms with Crippen LogP contribution in [0.4, 0.5) is 0 Å². The van der Waals surface area contributed by atoms with Crippen LogP contribution in [0.1, 0.15) is 10.4 Å². The van der Waals surface area contributed by atoms with E-state index < -0.39 is 5.97 Å². The molecule has 4 nitrogen and oxygen atoms in total. The van der Waals surface area contributed by atoms with E-state index in [1.54, 1.807) is 0 Å². The molecule has 5 heteroatoms. The van der Waals surface area contributed by atoms with E-state index in [2.05, 4.69) is 4.74 Å². The Hall–Kier alpha value is -1.42. The summed E-state index contributed by atoms with van der Waals surface area (Å²) < 4.78 is 9.34. The number of phenols is 1. The quantitative estimate of drug-likeness (QED) is 0.618. The Balaban J connectivity index is 2.94. The normalized spacial score (nSPS) is 9.57. The van der Waals surface area contributed by atoms with Crippen LogP contribution >= 0.6 is 11.6 Å². The summed E-state index contributed by atoms with van der Waals surface area (Å²) in [4.78, 5) is 11.0. The van der Waals surface area contributed by atoms with Gasteiger partial charge in [-0.15, -0.1) is 0 Å². The Kier molecular flexibility index (Phi) is 3.59. The third-order valence-corrected chi connectivity index (χ3v) is 1.70. The predicted molar refractivity (Wildman–Crippen MR) is 50.8 cm³/mol. The highest BCUT2D eigenvalue weighted by atomic mass is 35.5. The Labute approximate surface area is 86.0 Å². The van der Waals surface area contributed by atoms with Crippen molar-refractivity contribution in [2.45, 2.75) is 0 Å². The van der Waals surface area contributed by atoms with Crippen molar-refractivity contribution in [2.75, 3.05) is 13.2 Å². The van der Waals surface area contributed by atoms with Gasteiger partial charge >= 0.3 is 5.97 Å². The number of phenolic OH excluding ortho intramolecular Hbond substituents is 1. The molecular formula is C9H9ClO4. The third-order valence-electron chi connectivity index (χ3n) is 1.59. The van der Waals surface area contributed by atoms with E-state index in [0.717, 1.165) is 0 Å². The first-order valence-corrected chi connectivity index (χ1v) is 4.32. The average Bonchev–Trinajstić information content (AvgIpc) is 2.20. The second kappa shape index (κ2) is 4.72. The Morgan fingerprint density at radius 2 is 2.29 bits per heavy atom. The molecule has 0 saturated carbocycles. The van der Waals surface area contributed by atoms with Gasteiger partial charge in [0.1, 0.15) is 0 Å². The van der Waals surface area contributed by atoms with Crippen LogP contribution < -0.4 is 4.74 Å². The number of esters is 1. The summed E-state index contributed by atoms with van der Waals surface area (Å²) in [7, 11) is 1.27. The topological polar surface area (TPSA) is 55.8 Å². The minimum atomic E-state index is -0.516. The van der Waals surface area contributed by atoms with Crippen molar-refractivity contribution >= 4 is 17.6 Å². The van der Waals surface area contributed by atoms with E-state index >= 15 is 0 Å². The van der Waals surface area contributed by atoms with Gasteiger partial charge in [0, 0.05) is 0 Å². The molecule has 0 spiro atoms. The summed E-state index contributed by atoms with van der Waals surface area (Å²) in [6.45, 7) is 0. The first-order valence-electron chi connectivity index (χ1n) is 3.79. The van der Waals surface area contributed by atoms with Gasteiger partial charge in [-0.1, -0.05) is 11.6 Å². The largest absolute Gasteiger partial charge is 0.504 e. The number of hydrogen-bond acceptors (Lipinski definition) is 4. The number of ether oxygens (including phenoxy) is 2. The number of hydrogen-bond donors (Lipinski definition) is 1. The van der Waals surface area contributed by atoms with E-state index in [1.165, 1.54) is 25.3 Å². The molecule has 0 aliphatic rings. The summed E-state index contributed by atoms with van der Waals surface area (Å²) in [6, 6.07) is 4.12. The fourth-order valence-electron chi connectivity index (χ4n) is 0.943. The maximum Gasteiger partial charge on any atom is 0.337 e. The molecule has 76 valence electrons. The molecule has 1 N–H and O–H groups in total. The monoisotopic (exact) mass is 216 g/mol. The maximum absolute atomic E-state index is 11.0. The number of carbonyl (C=O) groups is 1. The molecule has 0 fully saturated rings. The molecule has 0 heterocycles. The molecule has 0 amide bonds. The van der Waals surface area contributed by atoms with Gasteiger partial charge in [-0.2, -0.15) is 0 Å². The van der Waals surface area contributed by atoms with Crippen LogP contribution in [-0.2, 0) is 4.74 Å². The van der Waals surface area contributed by atoms with Gasteiger partial charge < -0.3 is 14.6 Å². The van der Waals surface area contributed by atoms with Crippen LogP contribution in [-0.4, -0.2) is 24.3 Å². The number of benzene rings is 1. The lowest BCUT2D eigenvalue weighted by atomic mass is 10.2. The molecule has 0 aliphatic heterocycles. The highest BCUT2D eigenvalue weighted by Gasteiger charge is 2.09. The summed E-state index contributed by atoms with van der Waals surface area (Å²) in [5.41, 5.74) is 0.256. The van der Waals surface area contributed by atoms with E-state index in [9.17, 15) is 9.90 Å². The van der Waals surface area contributed by atoms with Crippen LogP contribution in [0.25, 0.3) is 0 Å². The van der Waals surface area contributed by atoms with Crippen LogP contribution in [0.15, 0.2) is 18.2 Å². The van der Waals surface area contributed by atoms with Crippen LogP contribution in [0, 0.1) is 0 Å². The first-order chi connectivity index (χ1) is 6.69. The van der Waals surface area contributed by atoms with Crippen molar-refractivity contribution in [1.82, 2.24) is 0 Å². The predicted octanol–water partition coefficient (Wildman–Crippen LogP) is 1.75. The summed E-state index contributed by atoms with van der Waals surface area (Å²) in [6.07, 6.45) is 0. The first kappa shape index (κ1) is 10.7. The maximum atomic E-state index is 11.0. The minimum absolute atomic E-state index is 0.0644. The van der Waals surface area contributed by atoms with E-state index in [1.807, 2.05) is 0 Å². The molecule has 0 aliphatic carbocycles. The lowest BCUT2D eigenvalue weighted by Gasteiger charge is -2.05. The second-order valence-corrected chi connectivity index (χ2v) is 2.65. The summed E-state index contributed by atoms with van der Waals surface area (Å²) in [5.74, 6) is -0.432. The highest BCUT2D eigenvalue weighted by Crippen LogP contribution is 2.27. The molecule has 0 bridgehead atoms. The van der Waals surface area contributed by atoms with Crippen LogP contribution in [0.5, 0.6) is 11.5 Å². The number of rotatable bonds is 3. The summed E-state index contributed by atoms with van der Waals surface area (Å²) in [5, 5.41) is 9.38. The number of methoxy groups -OCH3 is 1. The van der Waals surface area contributed by atoms with E-state index in [-0.39, 0.29) is 23.1 Å². The zero-order chi connectivity index (χ0) is 10.6. The number of halogens is 1. The van der Waals surface area contributed by atoms with Gasteiger partial charge in [0.2, 0.25) is 0 Å². The van der Waals surface area contributed by atoms with Crippen LogP contribution in [0.2, 0.25) is 0 Å². The average molecular weight is 217 g/mol. The standard InChI is InChI=1S/C9H9ClO4/c1-13-9(12)6-2-3-8(14-5-10)7(11)4-6/h2-4,11H,5H2,1H3.